The zero-order valence-electron chi connectivity index (χ0n) is 23.0. The molecular weight excluding hydrogens is 513 g/mol. The Morgan fingerprint density at radius 3 is 2.67 bits per heavy atom. The molecule has 0 bridgehead atoms. The number of anilines is 1. The topological polar surface area (TPSA) is 46.4 Å². The zero-order valence-corrected chi connectivity index (χ0v) is 23.7. The van der Waals surface area contributed by atoms with Crippen LogP contribution in [0, 0.1) is 23.6 Å². The maximum Gasteiger partial charge on any atom is 0.225 e. The van der Waals surface area contributed by atoms with Crippen LogP contribution in [-0.4, -0.2) is 51.7 Å². The minimum atomic E-state index is -0.159. The molecule has 3 aromatic rings. The van der Waals surface area contributed by atoms with E-state index in [1.165, 1.54) is 25.0 Å². The molecule has 1 saturated heterocycles. The first-order valence-electron chi connectivity index (χ1n) is 14.5. The third-order valence-corrected chi connectivity index (χ3v) is 9.46. The predicted octanol–water partition coefficient (Wildman–Crippen LogP) is 6.40. The van der Waals surface area contributed by atoms with Crippen molar-refractivity contribution in [1.82, 2.24) is 19.4 Å². The molecule has 0 N–H and O–H groups in total. The summed E-state index contributed by atoms with van der Waals surface area (Å²) in [5.74, 6) is 3.55. The first kappa shape index (κ1) is 26.6. The summed E-state index contributed by atoms with van der Waals surface area (Å²) in [6.45, 7) is 9.09. The fourth-order valence-corrected chi connectivity index (χ4v) is 7.02. The van der Waals surface area contributed by atoms with E-state index in [0.29, 0.717) is 29.8 Å². The van der Waals surface area contributed by atoms with Gasteiger partial charge in [-0.05, 0) is 87.5 Å². The predicted molar refractivity (Wildman–Crippen MR) is 153 cm³/mol. The van der Waals surface area contributed by atoms with Crippen LogP contribution < -0.4 is 9.64 Å². The van der Waals surface area contributed by atoms with Gasteiger partial charge in [0.15, 0.2) is 0 Å². The summed E-state index contributed by atoms with van der Waals surface area (Å²) in [5, 5.41) is 0.573. The number of ether oxygens (including phenoxy) is 1. The molecule has 6 nitrogen and oxygen atoms in total. The van der Waals surface area contributed by atoms with Crippen molar-refractivity contribution in [3.05, 3.63) is 71.0 Å². The van der Waals surface area contributed by atoms with E-state index in [0.717, 1.165) is 61.9 Å². The van der Waals surface area contributed by atoms with Crippen molar-refractivity contribution >= 4 is 17.5 Å². The zero-order chi connectivity index (χ0) is 26.9. The molecule has 2 fully saturated rings. The van der Waals surface area contributed by atoms with Gasteiger partial charge in [-0.2, -0.15) is 0 Å². The van der Waals surface area contributed by atoms with E-state index in [9.17, 15) is 0 Å². The normalized spacial score (nSPS) is 24.4. The van der Waals surface area contributed by atoms with Crippen molar-refractivity contribution < 1.29 is 9.13 Å². The molecule has 0 spiro atoms. The van der Waals surface area contributed by atoms with Gasteiger partial charge in [0.25, 0.3) is 0 Å². The Morgan fingerprint density at radius 1 is 1.10 bits per heavy atom. The number of halogens is 2. The molecule has 208 valence electrons. The lowest BCUT2D eigenvalue weighted by molar-refractivity contribution is 0.119. The van der Waals surface area contributed by atoms with Crippen LogP contribution in [0.2, 0.25) is 5.02 Å². The average Bonchev–Trinajstić information content (AvgIpc) is 3.54. The lowest BCUT2D eigenvalue weighted by atomic mass is 9.90. The molecule has 39 heavy (non-hydrogen) atoms. The molecule has 2 aliphatic heterocycles. The van der Waals surface area contributed by atoms with E-state index in [-0.39, 0.29) is 11.9 Å². The van der Waals surface area contributed by atoms with Gasteiger partial charge in [0.2, 0.25) is 5.95 Å². The Bertz CT molecular complexity index is 1260. The van der Waals surface area contributed by atoms with E-state index >= 15 is 4.39 Å². The number of hydrogen-bond acceptors (Lipinski definition) is 5. The monoisotopic (exact) mass is 551 g/mol. The molecule has 2 aromatic heterocycles. The summed E-state index contributed by atoms with van der Waals surface area (Å²) in [4.78, 5) is 13.5. The fraction of sp³-hybridized carbons (Fsp3) is 0.548. The van der Waals surface area contributed by atoms with Gasteiger partial charge in [0.05, 0.1) is 24.0 Å². The van der Waals surface area contributed by atoms with Gasteiger partial charge in [0, 0.05) is 56.2 Å². The number of nitrogens with zero attached hydrogens (tertiary/aromatic N) is 5. The summed E-state index contributed by atoms with van der Waals surface area (Å²) in [6, 6.07) is 10.3. The molecule has 0 radical (unpaired) electrons. The molecule has 4 atom stereocenters. The van der Waals surface area contributed by atoms with Crippen LogP contribution >= 0.6 is 11.6 Å². The highest BCUT2D eigenvalue weighted by molar-refractivity contribution is 6.30. The quantitative estimate of drug-likeness (QED) is 0.308. The summed E-state index contributed by atoms with van der Waals surface area (Å²) in [5.41, 5.74) is 2.11. The fourth-order valence-electron chi connectivity index (χ4n) is 6.92. The molecule has 1 aromatic carbocycles. The summed E-state index contributed by atoms with van der Waals surface area (Å²) in [7, 11) is 0. The Balaban J connectivity index is 0.931. The highest BCUT2D eigenvalue weighted by Gasteiger charge is 2.43. The molecule has 0 amide bonds. The minimum Gasteiger partial charge on any atom is -0.493 e. The molecule has 4 unspecified atom stereocenters. The second-order valence-corrected chi connectivity index (χ2v) is 12.1. The van der Waals surface area contributed by atoms with Crippen molar-refractivity contribution in [3.8, 4) is 5.75 Å². The SMILES string of the molecule is CC(Cc1ccc(OCCC2CC2C2CCN(c3ncc(Cl)cn3)CC2)cc1F)N1CCn2cccc2C1C. The second-order valence-electron chi connectivity index (χ2n) is 11.7. The van der Waals surface area contributed by atoms with Gasteiger partial charge in [-0.25, -0.2) is 14.4 Å². The minimum absolute atomic E-state index is 0.159. The van der Waals surface area contributed by atoms with Crippen molar-refractivity contribution in [3.63, 3.8) is 0 Å². The maximum absolute atomic E-state index is 15.0. The molecule has 4 heterocycles. The van der Waals surface area contributed by atoms with E-state index in [1.807, 2.05) is 12.1 Å². The van der Waals surface area contributed by atoms with Crippen LogP contribution in [0.1, 0.15) is 56.8 Å². The second kappa shape index (κ2) is 11.5. The summed E-state index contributed by atoms with van der Waals surface area (Å²) < 4.78 is 23.3. The highest BCUT2D eigenvalue weighted by atomic mass is 35.5. The Labute approximate surface area is 236 Å². The van der Waals surface area contributed by atoms with Gasteiger partial charge in [-0.3, -0.25) is 4.90 Å². The maximum atomic E-state index is 15.0. The van der Waals surface area contributed by atoms with Crippen molar-refractivity contribution in [1.29, 1.82) is 0 Å². The number of aromatic nitrogens is 3. The lowest BCUT2D eigenvalue weighted by Gasteiger charge is -2.39. The number of fused-ring (bicyclic) bond motifs is 1. The van der Waals surface area contributed by atoms with Crippen LogP contribution in [0.5, 0.6) is 5.75 Å². The Morgan fingerprint density at radius 2 is 1.90 bits per heavy atom. The van der Waals surface area contributed by atoms with Crippen LogP contribution in [0.3, 0.4) is 0 Å². The van der Waals surface area contributed by atoms with Gasteiger partial charge >= 0.3 is 0 Å². The van der Waals surface area contributed by atoms with Gasteiger partial charge in [0.1, 0.15) is 11.6 Å². The molecular formula is C31H39ClFN5O. The molecule has 3 aliphatic rings. The Hall–Kier alpha value is -2.64. The van der Waals surface area contributed by atoms with E-state index in [2.05, 4.69) is 56.5 Å². The standard InChI is InChI=1S/C31H39ClFN5O/c1-21(38-14-13-36-10-3-4-30(36)22(38)2)16-25-5-6-27(18-29(25)33)39-15-9-24-17-28(24)23-7-11-37(12-8-23)31-34-19-26(32)20-35-31/h3-6,10,18-24,28H,7-9,11-17H2,1-2H3. The Kier molecular flexibility index (Phi) is 7.81. The first-order valence-corrected chi connectivity index (χ1v) is 14.9. The van der Waals surface area contributed by atoms with Crippen LogP contribution in [-0.2, 0) is 13.0 Å². The van der Waals surface area contributed by atoms with Gasteiger partial charge in [-0.1, -0.05) is 17.7 Å². The third-order valence-electron chi connectivity index (χ3n) is 9.26. The average molecular weight is 552 g/mol. The van der Waals surface area contributed by atoms with Gasteiger partial charge < -0.3 is 14.2 Å². The summed E-state index contributed by atoms with van der Waals surface area (Å²) in [6.07, 6.45) is 10.9. The number of piperidine rings is 1. The smallest absolute Gasteiger partial charge is 0.225 e. The van der Waals surface area contributed by atoms with Crippen molar-refractivity contribution in [2.75, 3.05) is 31.1 Å². The number of benzene rings is 1. The highest BCUT2D eigenvalue weighted by Crippen LogP contribution is 2.50. The van der Waals surface area contributed by atoms with Gasteiger partial charge in [-0.15, -0.1) is 0 Å². The first-order chi connectivity index (χ1) is 19.0. The third kappa shape index (κ3) is 5.94. The van der Waals surface area contributed by atoms with Crippen LogP contribution in [0.25, 0.3) is 0 Å². The summed E-state index contributed by atoms with van der Waals surface area (Å²) >= 11 is 5.92. The number of rotatable bonds is 9. The van der Waals surface area contributed by atoms with Crippen molar-refractivity contribution in [2.45, 2.75) is 64.6 Å². The molecule has 1 saturated carbocycles. The molecule has 1 aliphatic carbocycles. The lowest BCUT2D eigenvalue weighted by Crippen LogP contribution is -2.43. The van der Waals surface area contributed by atoms with E-state index in [1.54, 1.807) is 18.5 Å². The number of hydrogen-bond donors (Lipinski definition) is 0. The molecule has 8 heteroatoms. The molecule has 6 rings (SSSR count). The van der Waals surface area contributed by atoms with Crippen LogP contribution in [0.4, 0.5) is 10.3 Å². The van der Waals surface area contributed by atoms with E-state index in [4.69, 9.17) is 16.3 Å². The van der Waals surface area contributed by atoms with E-state index < -0.39 is 0 Å². The van der Waals surface area contributed by atoms with Crippen LogP contribution in [0.15, 0.2) is 48.9 Å². The largest absolute Gasteiger partial charge is 0.493 e. The van der Waals surface area contributed by atoms with Crippen molar-refractivity contribution in [2.24, 2.45) is 17.8 Å².